The molecule has 164 valence electrons. The zero-order chi connectivity index (χ0) is 21.1. The van der Waals surface area contributed by atoms with Gasteiger partial charge in [-0.15, -0.1) is 0 Å². The van der Waals surface area contributed by atoms with Crippen LogP contribution in [0.1, 0.15) is 82.0 Å². The second-order valence-electron chi connectivity index (χ2n) is 9.50. The van der Waals surface area contributed by atoms with E-state index in [9.17, 15) is 9.59 Å². The molecule has 0 radical (unpaired) electrons. The van der Waals surface area contributed by atoms with E-state index in [4.69, 9.17) is 4.74 Å². The number of benzene rings is 1. The molecule has 5 nitrogen and oxygen atoms in total. The van der Waals surface area contributed by atoms with Gasteiger partial charge in [-0.2, -0.15) is 0 Å². The van der Waals surface area contributed by atoms with Gasteiger partial charge in [0.05, 0.1) is 0 Å². The Morgan fingerprint density at radius 1 is 0.900 bits per heavy atom. The fourth-order valence-electron chi connectivity index (χ4n) is 5.87. The zero-order valence-electron chi connectivity index (χ0n) is 18.5. The average molecular weight is 413 g/mol. The molecule has 1 saturated carbocycles. The summed E-state index contributed by atoms with van der Waals surface area (Å²) in [6.07, 6.45) is 10.6. The minimum absolute atomic E-state index is 0.0477. The molecule has 1 aromatic carbocycles. The van der Waals surface area contributed by atoms with Gasteiger partial charge in [-0.05, 0) is 89.0 Å². The highest BCUT2D eigenvalue weighted by Crippen LogP contribution is 2.36. The molecular formula is C25H36N2O3. The SMILES string of the molecule is CC1CCCC(C)N1C(=O)COc1ccc(C(=O)N2CCCC3CCCCC32)cc1. The number of hydrogen-bond acceptors (Lipinski definition) is 3. The summed E-state index contributed by atoms with van der Waals surface area (Å²) in [6, 6.07) is 8.32. The van der Waals surface area contributed by atoms with Crippen molar-refractivity contribution in [1.29, 1.82) is 0 Å². The van der Waals surface area contributed by atoms with Crippen LogP contribution in [0.2, 0.25) is 0 Å². The Morgan fingerprint density at radius 2 is 1.57 bits per heavy atom. The van der Waals surface area contributed by atoms with Crippen LogP contribution in [0.5, 0.6) is 5.75 Å². The highest BCUT2D eigenvalue weighted by atomic mass is 16.5. The topological polar surface area (TPSA) is 49.9 Å². The van der Waals surface area contributed by atoms with Crippen molar-refractivity contribution >= 4 is 11.8 Å². The summed E-state index contributed by atoms with van der Waals surface area (Å²) in [6.45, 7) is 5.16. The summed E-state index contributed by atoms with van der Waals surface area (Å²) >= 11 is 0. The van der Waals surface area contributed by atoms with Gasteiger partial charge < -0.3 is 14.5 Å². The molecule has 0 spiro atoms. The molecule has 4 unspecified atom stereocenters. The lowest BCUT2D eigenvalue weighted by Gasteiger charge is -2.44. The number of carbonyl (C=O) groups is 2. The Kier molecular flexibility index (Phi) is 6.64. The predicted octanol–water partition coefficient (Wildman–Crippen LogP) is 4.65. The number of likely N-dealkylation sites (tertiary alicyclic amines) is 2. The van der Waals surface area contributed by atoms with E-state index in [1.807, 2.05) is 29.2 Å². The minimum atomic E-state index is 0.0477. The third-order valence-electron chi connectivity index (χ3n) is 7.45. The maximum absolute atomic E-state index is 13.1. The molecule has 2 heterocycles. The monoisotopic (exact) mass is 412 g/mol. The summed E-state index contributed by atoms with van der Waals surface area (Å²) in [5.74, 6) is 1.52. The van der Waals surface area contributed by atoms with E-state index in [0.717, 1.165) is 37.8 Å². The van der Waals surface area contributed by atoms with E-state index in [1.165, 1.54) is 32.1 Å². The van der Waals surface area contributed by atoms with Crippen LogP contribution in [0.4, 0.5) is 0 Å². The molecule has 2 saturated heterocycles. The smallest absolute Gasteiger partial charge is 0.260 e. The Balaban J connectivity index is 1.34. The van der Waals surface area contributed by atoms with Gasteiger partial charge in [0.25, 0.3) is 11.8 Å². The fraction of sp³-hybridized carbons (Fsp3) is 0.680. The van der Waals surface area contributed by atoms with Crippen molar-refractivity contribution in [3.8, 4) is 5.75 Å². The number of hydrogen-bond donors (Lipinski definition) is 0. The maximum atomic E-state index is 13.1. The standard InChI is InChI=1S/C25H36N2O3/c1-18-7-5-8-19(2)27(18)24(28)17-30-22-14-12-21(13-15-22)25(29)26-16-6-10-20-9-3-4-11-23(20)26/h12-15,18-20,23H,3-11,16-17H2,1-2H3. The number of carbonyl (C=O) groups excluding carboxylic acids is 2. The van der Waals surface area contributed by atoms with Crippen molar-refractivity contribution in [2.45, 2.75) is 89.8 Å². The Morgan fingerprint density at radius 3 is 2.30 bits per heavy atom. The first-order valence-electron chi connectivity index (χ1n) is 11.9. The average Bonchev–Trinajstić information content (AvgIpc) is 2.77. The first kappa shape index (κ1) is 21.2. The van der Waals surface area contributed by atoms with Crippen LogP contribution in [0.25, 0.3) is 0 Å². The molecule has 4 rings (SSSR count). The van der Waals surface area contributed by atoms with E-state index >= 15 is 0 Å². The van der Waals surface area contributed by atoms with E-state index in [0.29, 0.717) is 17.7 Å². The summed E-state index contributed by atoms with van der Waals surface area (Å²) in [5.41, 5.74) is 0.721. The summed E-state index contributed by atoms with van der Waals surface area (Å²) in [5, 5.41) is 0. The molecule has 3 aliphatic rings. The van der Waals surface area contributed by atoms with Crippen LogP contribution in [-0.4, -0.2) is 52.9 Å². The van der Waals surface area contributed by atoms with Gasteiger partial charge in [0, 0.05) is 30.2 Å². The normalized spacial score (nSPS) is 29.3. The molecule has 2 aliphatic heterocycles. The van der Waals surface area contributed by atoms with Crippen molar-refractivity contribution in [2.24, 2.45) is 5.92 Å². The quantitative estimate of drug-likeness (QED) is 0.723. The van der Waals surface area contributed by atoms with Crippen molar-refractivity contribution < 1.29 is 14.3 Å². The van der Waals surface area contributed by atoms with E-state index in [2.05, 4.69) is 18.7 Å². The molecule has 0 N–H and O–H groups in total. The van der Waals surface area contributed by atoms with Gasteiger partial charge in [0.2, 0.25) is 0 Å². The number of ether oxygens (including phenoxy) is 1. The molecule has 0 aromatic heterocycles. The van der Waals surface area contributed by atoms with Gasteiger partial charge in [-0.1, -0.05) is 12.8 Å². The van der Waals surface area contributed by atoms with E-state index < -0.39 is 0 Å². The molecular weight excluding hydrogens is 376 g/mol. The Labute approximate surface area is 180 Å². The lowest BCUT2D eigenvalue weighted by molar-refractivity contribution is -0.139. The number of piperidine rings is 2. The van der Waals surface area contributed by atoms with E-state index in [1.54, 1.807) is 0 Å². The summed E-state index contributed by atoms with van der Waals surface area (Å²) in [7, 11) is 0. The minimum Gasteiger partial charge on any atom is -0.484 e. The van der Waals surface area contributed by atoms with Crippen LogP contribution in [0.3, 0.4) is 0 Å². The molecule has 1 aromatic rings. The Bertz CT molecular complexity index is 735. The van der Waals surface area contributed by atoms with Gasteiger partial charge >= 0.3 is 0 Å². The summed E-state index contributed by atoms with van der Waals surface area (Å²) < 4.78 is 5.77. The number of rotatable bonds is 4. The number of amides is 2. The first-order chi connectivity index (χ1) is 14.5. The molecule has 4 atom stereocenters. The lowest BCUT2D eigenvalue weighted by Crippen LogP contribution is -2.49. The van der Waals surface area contributed by atoms with Gasteiger partial charge in [0.15, 0.2) is 6.61 Å². The van der Waals surface area contributed by atoms with Crippen LogP contribution < -0.4 is 4.74 Å². The van der Waals surface area contributed by atoms with Crippen molar-refractivity contribution in [2.75, 3.05) is 13.2 Å². The van der Waals surface area contributed by atoms with Gasteiger partial charge in [-0.25, -0.2) is 0 Å². The van der Waals surface area contributed by atoms with Crippen LogP contribution in [0.15, 0.2) is 24.3 Å². The number of fused-ring (bicyclic) bond motifs is 1. The van der Waals surface area contributed by atoms with Crippen molar-refractivity contribution in [3.63, 3.8) is 0 Å². The van der Waals surface area contributed by atoms with E-state index in [-0.39, 0.29) is 30.5 Å². The predicted molar refractivity (Wildman–Crippen MR) is 118 cm³/mol. The maximum Gasteiger partial charge on any atom is 0.260 e. The first-order valence-corrected chi connectivity index (χ1v) is 11.9. The van der Waals surface area contributed by atoms with Crippen molar-refractivity contribution in [1.82, 2.24) is 9.80 Å². The van der Waals surface area contributed by atoms with Crippen LogP contribution in [0, 0.1) is 5.92 Å². The van der Waals surface area contributed by atoms with Crippen LogP contribution >= 0.6 is 0 Å². The molecule has 5 heteroatoms. The van der Waals surface area contributed by atoms with Gasteiger partial charge in [0.1, 0.15) is 5.75 Å². The largest absolute Gasteiger partial charge is 0.484 e. The zero-order valence-corrected chi connectivity index (χ0v) is 18.5. The lowest BCUT2D eigenvalue weighted by atomic mass is 9.78. The second-order valence-corrected chi connectivity index (χ2v) is 9.50. The molecule has 1 aliphatic carbocycles. The fourth-order valence-corrected chi connectivity index (χ4v) is 5.87. The number of nitrogens with zero attached hydrogens (tertiary/aromatic N) is 2. The molecule has 0 bridgehead atoms. The highest BCUT2D eigenvalue weighted by molar-refractivity contribution is 5.94. The van der Waals surface area contributed by atoms with Crippen molar-refractivity contribution in [3.05, 3.63) is 29.8 Å². The third kappa shape index (κ3) is 4.50. The van der Waals surface area contributed by atoms with Gasteiger partial charge in [-0.3, -0.25) is 9.59 Å². The second kappa shape index (κ2) is 9.40. The Hall–Kier alpha value is -2.04. The molecule has 30 heavy (non-hydrogen) atoms. The summed E-state index contributed by atoms with van der Waals surface area (Å²) in [4.78, 5) is 29.9. The highest BCUT2D eigenvalue weighted by Gasteiger charge is 2.36. The third-order valence-corrected chi connectivity index (χ3v) is 7.45. The van der Waals surface area contributed by atoms with Crippen LogP contribution in [-0.2, 0) is 4.79 Å². The molecule has 3 fully saturated rings. The molecule has 2 amide bonds.